The zero-order valence-corrected chi connectivity index (χ0v) is 45.6. The predicted octanol–water partition coefficient (Wildman–Crippen LogP) is -0.0509. The third-order valence-electron chi connectivity index (χ3n) is 12.3. The first kappa shape index (κ1) is 60.2. The van der Waals surface area contributed by atoms with Gasteiger partial charge in [-0.2, -0.15) is 0 Å². The number of benzene rings is 3. The van der Waals surface area contributed by atoms with Gasteiger partial charge in [-0.15, -0.1) is 0 Å². The van der Waals surface area contributed by atoms with Gasteiger partial charge in [0.25, 0.3) is 0 Å². The smallest absolute Gasteiger partial charge is 0.305 e. The van der Waals surface area contributed by atoms with Gasteiger partial charge in [-0.25, -0.2) is 0 Å². The molecule has 2 heterocycles. The van der Waals surface area contributed by atoms with Crippen molar-refractivity contribution in [3.05, 3.63) is 93.2 Å². The van der Waals surface area contributed by atoms with E-state index >= 15 is 0 Å². The molecule has 0 bridgehead atoms. The van der Waals surface area contributed by atoms with Crippen LogP contribution in [0.4, 0.5) is 5.69 Å². The molecule has 23 nitrogen and oxygen atoms in total. The van der Waals surface area contributed by atoms with Crippen LogP contribution in [0.15, 0.2) is 72.9 Å². The number of rotatable bonds is 18. The number of fused-ring (bicyclic) bond motifs is 1. The summed E-state index contributed by atoms with van der Waals surface area (Å²) in [6, 6.07) is 6.99. The Morgan fingerprint density at radius 3 is 2.08 bits per heavy atom. The lowest BCUT2D eigenvalue weighted by Crippen LogP contribution is -2.61. The minimum Gasteiger partial charge on any atom is -0.508 e. The van der Waals surface area contributed by atoms with Gasteiger partial charge in [0.2, 0.25) is 47.3 Å². The van der Waals surface area contributed by atoms with Crippen LogP contribution in [0.1, 0.15) is 56.2 Å². The number of nitrogens with one attached hydrogen (secondary N) is 8. The minimum absolute atomic E-state index is 0.0421. The molecule has 0 spiro atoms. The number of carbonyl (C=O) groups excluding carboxylic acids is 8. The third kappa shape index (κ3) is 18.0. The second-order valence-corrected chi connectivity index (χ2v) is 22.3. The summed E-state index contributed by atoms with van der Waals surface area (Å²) in [5.41, 5.74) is 26.7. The number of hydrogen-bond donors (Lipinski definition) is 14. The van der Waals surface area contributed by atoms with Crippen LogP contribution in [0.25, 0.3) is 10.9 Å². The first-order chi connectivity index (χ1) is 36.1. The Morgan fingerprint density at radius 1 is 0.789 bits per heavy atom. The molecule has 1 saturated heterocycles. The fraction of sp³-hybridized carbons (Fsp3) is 0.420. The number of carboxylic acid groups (broad SMARTS) is 1. The van der Waals surface area contributed by atoms with Gasteiger partial charge >= 0.3 is 5.97 Å². The number of primary amides is 1. The van der Waals surface area contributed by atoms with Crippen LogP contribution in [0.5, 0.6) is 5.75 Å². The molecular formula is C50H65IN12O11S2. The molecule has 410 valence electrons. The Bertz CT molecular complexity index is 2730. The number of phenols is 1. The van der Waals surface area contributed by atoms with Gasteiger partial charge in [0.1, 0.15) is 48.0 Å². The number of H-pyrrole nitrogens is 1. The van der Waals surface area contributed by atoms with Gasteiger partial charge in [-0.05, 0) is 108 Å². The number of phenolic OH excluding ortho intramolecular Hbond substituents is 1. The second-order valence-electron chi connectivity index (χ2n) is 18.6. The molecule has 5 rings (SSSR count). The van der Waals surface area contributed by atoms with Crippen molar-refractivity contribution < 1.29 is 53.4 Å². The van der Waals surface area contributed by atoms with Crippen molar-refractivity contribution in [2.24, 2.45) is 23.1 Å². The number of aromatic hydroxyl groups is 1. The Kier molecular flexibility index (Phi) is 23.0. The molecule has 8 amide bonds. The molecule has 0 aliphatic carbocycles. The third-order valence-corrected chi connectivity index (χ3v) is 15.6. The maximum atomic E-state index is 14.8. The number of carbonyl (C=O) groups is 9. The number of anilines is 1. The quantitative estimate of drug-likeness (QED) is 0.0269. The van der Waals surface area contributed by atoms with Crippen LogP contribution in [0.2, 0.25) is 0 Å². The summed E-state index contributed by atoms with van der Waals surface area (Å²) >= 11 is 2.05. The van der Waals surface area contributed by atoms with Crippen LogP contribution in [-0.4, -0.2) is 135 Å². The maximum Gasteiger partial charge on any atom is 0.305 e. The van der Waals surface area contributed by atoms with Gasteiger partial charge in [-0.1, -0.05) is 71.8 Å². The normalized spacial score (nSPS) is 21.2. The van der Waals surface area contributed by atoms with E-state index in [1.54, 1.807) is 56.4 Å². The van der Waals surface area contributed by atoms with Crippen molar-refractivity contribution in [1.29, 1.82) is 0 Å². The molecule has 0 saturated carbocycles. The summed E-state index contributed by atoms with van der Waals surface area (Å²) in [6.07, 6.45) is 1.41. The lowest BCUT2D eigenvalue weighted by molar-refractivity contribution is -0.140. The fourth-order valence-corrected chi connectivity index (χ4v) is 10.9. The van der Waals surface area contributed by atoms with Crippen LogP contribution >= 0.6 is 44.2 Å². The zero-order chi connectivity index (χ0) is 55.6. The molecule has 1 aromatic heterocycles. The van der Waals surface area contributed by atoms with Gasteiger partial charge < -0.3 is 75.3 Å². The topological polar surface area (TPSA) is 398 Å². The SMILES string of the molecule is CC(C)[C@H]1NC(=O)[C@H](CCCCN)NC(=O)[C@@H](Cc2c[nH]c3ccccc23)NC(=O)[C@H](Cc2ccc(O)cc2)NC(=O)[C@@H](NC(=O)[C@@H](N)Cc2ccc(N)c(I)c2)CSSC[C@H](C(=O)N[C@@H](CC(=O)O)C(N)=O)NC1=O. The Labute approximate surface area is 460 Å². The summed E-state index contributed by atoms with van der Waals surface area (Å²) in [5.74, 6) is -9.73. The van der Waals surface area contributed by atoms with Crippen molar-refractivity contribution in [2.45, 2.75) is 107 Å². The van der Waals surface area contributed by atoms with Crippen molar-refractivity contribution in [3.8, 4) is 5.75 Å². The highest BCUT2D eigenvalue weighted by Gasteiger charge is 2.36. The van der Waals surface area contributed by atoms with Gasteiger partial charge in [0.05, 0.1) is 12.5 Å². The maximum absolute atomic E-state index is 14.8. The zero-order valence-electron chi connectivity index (χ0n) is 41.8. The number of aromatic nitrogens is 1. The van der Waals surface area contributed by atoms with Gasteiger partial charge in [0, 0.05) is 50.7 Å². The van der Waals surface area contributed by atoms with E-state index in [4.69, 9.17) is 22.9 Å². The average Bonchev–Trinajstić information content (AvgIpc) is 3.78. The molecule has 1 fully saturated rings. The number of hydrogen-bond acceptors (Lipinski definition) is 15. The molecule has 18 N–H and O–H groups in total. The first-order valence-electron chi connectivity index (χ1n) is 24.3. The van der Waals surface area contributed by atoms with Gasteiger partial charge in [-0.3, -0.25) is 43.2 Å². The van der Waals surface area contributed by atoms with E-state index < -0.39 is 114 Å². The molecule has 1 aliphatic heterocycles. The lowest BCUT2D eigenvalue weighted by atomic mass is 10.00. The molecule has 4 aromatic rings. The number of aromatic amines is 1. The van der Waals surface area contributed by atoms with E-state index in [9.17, 15) is 53.4 Å². The highest BCUT2D eigenvalue weighted by atomic mass is 127. The molecule has 1 aliphatic rings. The Balaban J connectivity index is 1.59. The van der Waals surface area contributed by atoms with Crippen molar-refractivity contribution in [2.75, 3.05) is 23.8 Å². The number of nitrogens with two attached hydrogens (primary N) is 4. The van der Waals surface area contributed by atoms with Crippen LogP contribution < -0.4 is 60.2 Å². The standard InChI is InChI=1S/C50H65IN12O11S2/c1-25(2)42-50(74)62-40(48(72)58-36(43(55)67)21-41(65)66)24-76-75-23-39(61-44(68)33(54)18-27-12-15-32(53)31(51)17-27)49(73)59-37(19-26-10-13-29(64)14-11-26)46(70)60-38(20-28-22-56-34-8-4-3-7-30(28)34)47(71)57-35(45(69)63-42)9-5-6-16-52/h3-4,7-8,10-15,17,22,25,33,35-40,42,56,64H,5-6,9,16,18-21,23-24,52-54H2,1-2H3,(H2,55,67)(H,57,71)(H,58,72)(H,59,73)(H,60,70)(H,61,68)(H,62,74)(H,63,69)(H,65,66)/t33-,35-,36-,37-,38+,39-,40+,42+/m0/s1. The molecule has 0 radical (unpaired) electrons. The number of aliphatic carboxylic acids is 1. The van der Waals surface area contributed by atoms with Crippen LogP contribution in [-0.2, 0) is 62.4 Å². The Hall–Kier alpha value is -6.62. The fourth-order valence-electron chi connectivity index (χ4n) is 8.03. The number of amides is 8. The van der Waals surface area contributed by atoms with E-state index in [-0.39, 0.29) is 49.5 Å². The van der Waals surface area contributed by atoms with E-state index in [2.05, 4.69) is 42.2 Å². The second kappa shape index (κ2) is 29.0. The number of halogens is 1. The summed E-state index contributed by atoms with van der Waals surface area (Å²) in [6.45, 7) is 3.52. The summed E-state index contributed by atoms with van der Waals surface area (Å²) in [7, 11) is 1.92. The monoisotopic (exact) mass is 1200 g/mol. The molecule has 26 heteroatoms. The highest BCUT2D eigenvalue weighted by molar-refractivity contribution is 14.1. The molecule has 3 aromatic carbocycles. The van der Waals surface area contributed by atoms with E-state index in [1.165, 1.54) is 12.1 Å². The predicted molar refractivity (Wildman–Crippen MR) is 297 cm³/mol. The van der Waals surface area contributed by atoms with E-state index in [1.807, 2.05) is 40.8 Å². The lowest BCUT2D eigenvalue weighted by Gasteiger charge is -2.29. The number of nitrogen functional groups attached to an aromatic ring is 1. The summed E-state index contributed by atoms with van der Waals surface area (Å²) < 4.78 is 0.728. The minimum atomic E-state index is -1.69. The average molecular weight is 1200 g/mol. The van der Waals surface area contributed by atoms with E-state index in [0.717, 1.165) is 36.1 Å². The van der Waals surface area contributed by atoms with Crippen molar-refractivity contribution >= 4 is 114 Å². The molecule has 0 unspecified atom stereocenters. The summed E-state index contributed by atoms with van der Waals surface area (Å²) in [4.78, 5) is 128. The number of unbranched alkanes of at least 4 members (excludes halogenated alkanes) is 1. The van der Waals surface area contributed by atoms with Crippen molar-refractivity contribution in [3.63, 3.8) is 0 Å². The molecule has 76 heavy (non-hydrogen) atoms. The largest absolute Gasteiger partial charge is 0.508 e. The van der Waals surface area contributed by atoms with E-state index in [0.29, 0.717) is 35.2 Å². The van der Waals surface area contributed by atoms with Gasteiger partial charge in [0.15, 0.2) is 0 Å². The number of carboxylic acids is 1. The van der Waals surface area contributed by atoms with Crippen molar-refractivity contribution in [1.82, 2.24) is 42.2 Å². The van der Waals surface area contributed by atoms with Crippen LogP contribution in [0, 0.1) is 9.49 Å². The highest BCUT2D eigenvalue weighted by Crippen LogP contribution is 2.25. The number of para-hydroxylation sites is 1. The van der Waals surface area contributed by atoms with Crippen LogP contribution in [0.3, 0.4) is 0 Å². The first-order valence-corrected chi connectivity index (χ1v) is 27.9. The summed E-state index contributed by atoms with van der Waals surface area (Å²) in [5, 5.41) is 38.9. The molecule has 8 atom stereocenters. The Morgan fingerprint density at radius 2 is 1.42 bits per heavy atom. The molecular weight excluding hydrogens is 1140 g/mol.